The number of carbonyl (C=O) groups excluding carboxylic acids is 2. The summed E-state index contributed by atoms with van der Waals surface area (Å²) in [6.45, 7) is 11.7. The molecule has 2 N–H and O–H groups in total. The summed E-state index contributed by atoms with van der Waals surface area (Å²) in [6, 6.07) is 13.4. The molecule has 3 aromatic rings. The van der Waals surface area contributed by atoms with Crippen LogP contribution in [0.4, 0.5) is 5.69 Å². The van der Waals surface area contributed by atoms with E-state index in [1.165, 1.54) is 0 Å². The van der Waals surface area contributed by atoms with Crippen molar-refractivity contribution in [2.24, 2.45) is 5.92 Å². The number of carbonyl (C=O) groups is 2. The van der Waals surface area contributed by atoms with Gasteiger partial charge in [0.25, 0.3) is 11.8 Å². The van der Waals surface area contributed by atoms with Crippen molar-refractivity contribution >= 4 is 28.4 Å². The molecule has 0 saturated carbocycles. The van der Waals surface area contributed by atoms with E-state index in [9.17, 15) is 9.59 Å². The number of amides is 2. The predicted molar refractivity (Wildman–Crippen MR) is 123 cm³/mol. The minimum atomic E-state index is -0.139. The highest BCUT2D eigenvalue weighted by Crippen LogP contribution is 2.25. The highest BCUT2D eigenvalue weighted by atomic mass is 16.2. The second kappa shape index (κ2) is 9.16. The van der Waals surface area contributed by atoms with Crippen LogP contribution in [-0.2, 0) is 6.54 Å². The standard InChI is InChI=1S/C25H31N3O2/c1-6-11-28-22-10-9-21(27-24(29)19-8-7-17(4)18(5)12-19)13-20(22)14-23(28)25(30)26-15-16(2)3/h7-10,12-14,16H,6,11,15H2,1-5H3,(H,26,30)(H,27,29). The number of nitrogens with one attached hydrogen (secondary N) is 2. The molecule has 0 fully saturated rings. The lowest BCUT2D eigenvalue weighted by Crippen LogP contribution is -2.29. The average Bonchev–Trinajstić information content (AvgIpc) is 3.06. The third kappa shape index (κ3) is 4.73. The Morgan fingerprint density at radius 1 is 0.967 bits per heavy atom. The molecule has 0 aliphatic rings. The fraction of sp³-hybridized carbons (Fsp3) is 0.360. The summed E-state index contributed by atoms with van der Waals surface area (Å²) < 4.78 is 2.06. The number of aryl methyl sites for hydroxylation is 3. The topological polar surface area (TPSA) is 63.1 Å². The first-order valence-corrected chi connectivity index (χ1v) is 10.6. The first-order chi connectivity index (χ1) is 14.3. The third-order valence-corrected chi connectivity index (χ3v) is 5.28. The minimum absolute atomic E-state index is 0.0610. The Bertz CT molecular complexity index is 1080. The summed E-state index contributed by atoms with van der Waals surface area (Å²) in [6.07, 6.45) is 0.930. The Hall–Kier alpha value is -3.08. The summed E-state index contributed by atoms with van der Waals surface area (Å²) in [7, 11) is 0. The second-order valence-electron chi connectivity index (χ2n) is 8.31. The summed E-state index contributed by atoms with van der Waals surface area (Å²) >= 11 is 0. The first kappa shape index (κ1) is 21.6. The van der Waals surface area contributed by atoms with Crippen LogP contribution < -0.4 is 10.6 Å². The van der Waals surface area contributed by atoms with Crippen molar-refractivity contribution in [2.45, 2.75) is 47.6 Å². The molecule has 158 valence electrons. The van der Waals surface area contributed by atoms with Crippen LogP contribution in [0.1, 0.15) is 59.2 Å². The van der Waals surface area contributed by atoms with Crippen LogP contribution in [0, 0.1) is 19.8 Å². The molecule has 1 heterocycles. The van der Waals surface area contributed by atoms with E-state index in [2.05, 4.69) is 36.0 Å². The van der Waals surface area contributed by atoms with E-state index in [1.807, 2.05) is 56.3 Å². The number of nitrogens with zero attached hydrogens (tertiary/aromatic N) is 1. The lowest BCUT2D eigenvalue weighted by Gasteiger charge is -2.11. The molecule has 30 heavy (non-hydrogen) atoms. The van der Waals surface area contributed by atoms with Gasteiger partial charge in [-0.1, -0.05) is 26.8 Å². The average molecular weight is 406 g/mol. The maximum absolute atomic E-state index is 12.7. The number of anilines is 1. The van der Waals surface area contributed by atoms with Gasteiger partial charge >= 0.3 is 0 Å². The number of benzene rings is 2. The Kier molecular flexibility index (Phi) is 6.60. The van der Waals surface area contributed by atoms with Gasteiger partial charge in [0.2, 0.25) is 0 Å². The van der Waals surface area contributed by atoms with E-state index >= 15 is 0 Å². The van der Waals surface area contributed by atoms with Crippen LogP contribution in [0.2, 0.25) is 0 Å². The Morgan fingerprint density at radius 3 is 2.40 bits per heavy atom. The highest BCUT2D eigenvalue weighted by Gasteiger charge is 2.16. The van der Waals surface area contributed by atoms with E-state index in [0.29, 0.717) is 29.4 Å². The largest absolute Gasteiger partial charge is 0.351 e. The van der Waals surface area contributed by atoms with Crippen molar-refractivity contribution in [2.75, 3.05) is 11.9 Å². The minimum Gasteiger partial charge on any atom is -0.351 e. The van der Waals surface area contributed by atoms with Gasteiger partial charge in [-0.2, -0.15) is 0 Å². The zero-order valence-corrected chi connectivity index (χ0v) is 18.5. The number of fused-ring (bicyclic) bond motifs is 1. The molecule has 0 saturated heterocycles. The predicted octanol–water partition coefficient (Wildman–Crippen LogP) is 5.31. The van der Waals surface area contributed by atoms with Crippen molar-refractivity contribution < 1.29 is 9.59 Å². The number of hydrogen-bond acceptors (Lipinski definition) is 2. The Morgan fingerprint density at radius 2 is 1.73 bits per heavy atom. The van der Waals surface area contributed by atoms with Crippen LogP contribution >= 0.6 is 0 Å². The maximum Gasteiger partial charge on any atom is 0.267 e. The van der Waals surface area contributed by atoms with Gasteiger partial charge in [-0.15, -0.1) is 0 Å². The Balaban J connectivity index is 1.88. The zero-order chi connectivity index (χ0) is 21.8. The lowest BCUT2D eigenvalue weighted by molar-refractivity contribution is 0.0939. The lowest BCUT2D eigenvalue weighted by atomic mass is 10.1. The quantitative estimate of drug-likeness (QED) is 0.560. The van der Waals surface area contributed by atoms with Crippen LogP contribution in [0.15, 0.2) is 42.5 Å². The van der Waals surface area contributed by atoms with Gasteiger partial charge in [0.05, 0.1) is 0 Å². The molecular formula is C25H31N3O2. The molecule has 0 unspecified atom stereocenters. The molecule has 0 spiro atoms. The van der Waals surface area contributed by atoms with Gasteiger partial charge in [0.1, 0.15) is 5.69 Å². The molecule has 0 radical (unpaired) electrons. The van der Waals surface area contributed by atoms with Crippen LogP contribution in [-0.4, -0.2) is 22.9 Å². The molecule has 5 heteroatoms. The van der Waals surface area contributed by atoms with Gasteiger partial charge in [-0.05, 0) is 73.7 Å². The van der Waals surface area contributed by atoms with Crippen LogP contribution in [0.5, 0.6) is 0 Å². The monoisotopic (exact) mass is 405 g/mol. The van der Waals surface area contributed by atoms with E-state index in [0.717, 1.165) is 35.0 Å². The van der Waals surface area contributed by atoms with E-state index < -0.39 is 0 Å². The van der Waals surface area contributed by atoms with Gasteiger partial charge < -0.3 is 15.2 Å². The fourth-order valence-electron chi connectivity index (χ4n) is 3.47. The summed E-state index contributed by atoms with van der Waals surface area (Å²) in [4.78, 5) is 25.4. The van der Waals surface area contributed by atoms with E-state index in [-0.39, 0.29) is 11.8 Å². The fourth-order valence-corrected chi connectivity index (χ4v) is 3.47. The van der Waals surface area contributed by atoms with Crippen molar-refractivity contribution in [1.29, 1.82) is 0 Å². The second-order valence-corrected chi connectivity index (χ2v) is 8.31. The Labute approximate surface area is 178 Å². The molecule has 3 rings (SSSR count). The van der Waals surface area contributed by atoms with Crippen molar-refractivity contribution in [1.82, 2.24) is 9.88 Å². The van der Waals surface area contributed by atoms with Gasteiger partial charge in [0, 0.05) is 35.2 Å². The number of hydrogen-bond donors (Lipinski definition) is 2. The molecule has 2 aromatic carbocycles. The molecular weight excluding hydrogens is 374 g/mol. The molecule has 2 amide bonds. The third-order valence-electron chi connectivity index (χ3n) is 5.28. The van der Waals surface area contributed by atoms with Gasteiger partial charge in [-0.3, -0.25) is 9.59 Å². The highest BCUT2D eigenvalue weighted by molar-refractivity contribution is 6.06. The molecule has 0 aliphatic carbocycles. The molecule has 0 bridgehead atoms. The van der Waals surface area contributed by atoms with Crippen molar-refractivity contribution in [3.05, 3.63) is 64.8 Å². The normalized spacial score (nSPS) is 11.1. The maximum atomic E-state index is 12.7. The van der Waals surface area contributed by atoms with Crippen LogP contribution in [0.25, 0.3) is 10.9 Å². The first-order valence-electron chi connectivity index (χ1n) is 10.6. The summed E-state index contributed by atoms with van der Waals surface area (Å²) in [5, 5.41) is 6.93. The van der Waals surface area contributed by atoms with E-state index in [1.54, 1.807) is 0 Å². The van der Waals surface area contributed by atoms with Crippen LogP contribution in [0.3, 0.4) is 0 Å². The molecule has 0 aliphatic heterocycles. The van der Waals surface area contributed by atoms with E-state index in [4.69, 9.17) is 0 Å². The molecule has 5 nitrogen and oxygen atoms in total. The molecule has 1 aromatic heterocycles. The molecule has 0 atom stereocenters. The number of aromatic nitrogens is 1. The SMILES string of the molecule is CCCn1c(C(=O)NCC(C)C)cc2cc(NC(=O)c3ccc(C)c(C)c3)ccc21. The zero-order valence-electron chi connectivity index (χ0n) is 18.5. The summed E-state index contributed by atoms with van der Waals surface area (Å²) in [5.74, 6) is 0.194. The van der Waals surface area contributed by atoms with Crippen molar-refractivity contribution in [3.8, 4) is 0 Å². The van der Waals surface area contributed by atoms with Gasteiger partial charge in [-0.25, -0.2) is 0 Å². The smallest absolute Gasteiger partial charge is 0.267 e. The van der Waals surface area contributed by atoms with Crippen molar-refractivity contribution in [3.63, 3.8) is 0 Å². The number of rotatable bonds is 7. The summed E-state index contributed by atoms with van der Waals surface area (Å²) in [5.41, 5.74) is 5.25. The van der Waals surface area contributed by atoms with Gasteiger partial charge in [0.15, 0.2) is 0 Å².